The fraction of sp³-hybridized carbons (Fsp3) is 0.286. The van der Waals surface area contributed by atoms with Crippen molar-refractivity contribution in [3.05, 3.63) is 29.6 Å². The summed E-state index contributed by atoms with van der Waals surface area (Å²) in [5, 5.41) is 0. The van der Waals surface area contributed by atoms with Gasteiger partial charge in [0.2, 0.25) is 0 Å². The summed E-state index contributed by atoms with van der Waals surface area (Å²) >= 11 is 1.00. The molecule has 64 valence electrons. The quantitative estimate of drug-likeness (QED) is 0.710. The van der Waals surface area contributed by atoms with E-state index in [1.54, 1.807) is 0 Å². The van der Waals surface area contributed by atoms with Crippen LogP contribution in [0.3, 0.4) is 0 Å². The summed E-state index contributed by atoms with van der Waals surface area (Å²) in [7, 11) is 0. The molecule has 0 aliphatic rings. The molecular formula is C7H6F3NSn. The molecule has 1 aromatic rings. The fourth-order valence-corrected chi connectivity index (χ4v) is 1.40. The van der Waals surface area contributed by atoms with E-state index in [0.717, 1.165) is 38.6 Å². The van der Waals surface area contributed by atoms with Crippen molar-refractivity contribution in [3.8, 4) is 0 Å². The van der Waals surface area contributed by atoms with Crippen molar-refractivity contribution in [2.24, 2.45) is 0 Å². The fourth-order valence-electron chi connectivity index (χ4n) is 0.713. The Morgan fingerprint density at radius 1 is 1.33 bits per heavy atom. The first-order valence-electron chi connectivity index (χ1n) is 3.26. The van der Waals surface area contributed by atoms with E-state index in [0.29, 0.717) is 0 Å². The molecule has 0 N–H and O–H groups in total. The monoisotopic (exact) mass is 281 g/mol. The van der Waals surface area contributed by atoms with Crippen LogP contribution in [0.1, 0.15) is 11.3 Å². The summed E-state index contributed by atoms with van der Waals surface area (Å²) < 4.78 is 36.7. The Morgan fingerprint density at radius 2 is 2.00 bits per heavy atom. The predicted octanol–water partition coefficient (Wildman–Crippen LogP) is 1.50. The number of hydrogen-bond donors (Lipinski definition) is 0. The van der Waals surface area contributed by atoms with Gasteiger partial charge in [-0.3, -0.25) is 0 Å². The van der Waals surface area contributed by atoms with Crippen LogP contribution < -0.4 is 0 Å². The Morgan fingerprint density at radius 3 is 2.33 bits per heavy atom. The molecule has 0 spiro atoms. The van der Waals surface area contributed by atoms with Crippen molar-refractivity contribution in [1.29, 1.82) is 0 Å². The first kappa shape index (κ1) is 9.82. The summed E-state index contributed by atoms with van der Waals surface area (Å²) in [6.45, 7) is 0. The van der Waals surface area contributed by atoms with E-state index in [4.69, 9.17) is 0 Å². The first-order valence-corrected chi connectivity index (χ1v) is 5.59. The van der Waals surface area contributed by atoms with Crippen LogP contribution in [0.4, 0.5) is 13.2 Å². The molecule has 0 saturated carbocycles. The first-order chi connectivity index (χ1) is 5.54. The van der Waals surface area contributed by atoms with Crippen molar-refractivity contribution in [3.63, 3.8) is 0 Å². The SMILES string of the molecule is FC(F)(F)c1ccc([CH2][SnH])cn1. The van der Waals surface area contributed by atoms with Gasteiger partial charge < -0.3 is 0 Å². The zero-order valence-corrected chi connectivity index (χ0v) is 9.39. The Hall–Kier alpha value is -0.261. The topological polar surface area (TPSA) is 12.9 Å². The molecule has 1 heterocycles. The Bertz CT molecular complexity index is 254. The Labute approximate surface area is 81.1 Å². The van der Waals surface area contributed by atoms with Crippen LogP contribution in [-0.2, 0) is 10.6 Å². The van der Waals surface area contributed by atoms with Gasteiger partial charge in [0.25, 0.3) is 0 Å². The molecule has 0 atom stereocenters. The second kappa shape index (κ2) is 3.64. The van der Waals surface area contributed by atoms with Gasteiger partial charge in [-0.1, -0.05) is 0 Å². The normalized spacial score (nSPS) is 11.7. The van der Waals surface area contributed by atoms with Gasteiger partial charge in [-0.2, -0.15) is 0 Å². The van der Waals surface area contributed by atoms with E-state index in [9.17, 15) is 13.2 Å². The molecule has 0 aliphatic carbocycles. The molecule has 1 nitrogen and oxygen atoms in total. The maximum absolute atomic E-state index is 12.0. The van der Waals surface area contributed by atoms with Gasteiger partial charge in [0, 0.05) is 0 Å². The average Bonchev–Trinajstić information content (AvgIpc) is 2.03. The zero-order chi connectivity index (χ0) is 9.19. The summed E-state index contributed by atoms with van der Waals surface area (Å²) in [6, 6.07) is 2.49. The number of pyridine rings is 1. The minimum atomic E-state index is -4.32. The Kier molecular flexibility index (Phi) is 2.98. The number of hydrogen-bond acceptors (Lipinski definition) is 1. The van der Waals surface area contributed by atoms with Gasteiger partial charge in [0.1, 0.15) is 0 Å². The third-order valence-corrected chi connectivity index (χ3v) is 2.70. The van der Waals surface area contributed by atoms with Crippen molar-refractivity contribution in [2.45, 2.75) is 10.6 Å². The molecule has 0 saturated heterocycles. The van der Waals surface area contributed by atoms with E-state index >= 15 is 0 Å². The van der Waals surface area contributed by atoms with Gasteiger partial charge in [-0.25, -0.2) is 0 Å². The summed E-state index contributed by atoms with van der Waals surface area (Å²) in [4.78, 5) is 3.32. The van der Waals surface area contributed by atoms with Crippen molar-refractivity contribution in [1.82, 2.24) is 4.98 Å². The molecule has 0 amide bonds. The second-order valence-corrected chi connectivity index (χ2v) is 3.42. The van der Waals surface area contributed by atoms with Gasteiger partial charge in [-0.15, -0.1) is 0 Å². The second-order valence-electron chi connectivity index (χ2n) is 2.25. The van der Waals surface area contributed by atoms with Gasteiger partial charge in [0.15, 0.2) is 0 Å². The van der Waals surface area contributed by atoms with Gasteiger partial charge in [-0.05, 0) is 0 Å². The van der Waals surface area contributed by atoms with E-state index in [-0.39, 0.29) is 0 Å². The molecule has 0 aliphatic heterocycles. The van der Waals surface area contributed by atoms with E-state index in [1.165, 1.54) is 12.3 Å². The summed E-state index contributed by atoms with van der Waals surface area (Å²) in [5.41, 5.74) is 0.0469. The minimum absolute atomic E-state index is 0.819. The predicted molar refractivity (Wildman–Crippen MR) is 40.1 cm³/mol. The zero-order valence-electron chi connectivity index (χ0n) is 6.10. The molecule has 0 aromatic carbocycles. The van der Waals surface area contributed by atoms with Crippen LogP contribution >= 0.6 is 0 Å². The standard InChI is InChI=1S/C7H5F3N.Sn.H/c1-5-2-3-6(11-4-5)7(8,9)10;;/h2-4H,1H2;;. The molecule has 1 aromatic heterocycles. The van der Waals surface area contributed by atoms with Gasteiger partial charge in [0.05, 0.1) is 0 Å². The van der Waals surface area contributed by atoms with E-state index < -0.39 is 11.9 Å². The van der Waals surface area contributed by atoms with Crippen LogP contribution in [0.5, 0.6) is 0 Å². The number of aromatic nitrogens is 1. The number of alkyl halides is 3. The van der Waals surface area contributed by atoms with Crippen molar-refractivity contribution >= 4 is 22.5 Å². The third kappa shape index (κ3) is 2.36. The molecule has 0 fully saturated rings. The Balaban J connectivity index is 2.93. The number of nitrogens with zero attached hydrogens (tertiary/aromatic N) is 1. The van der Waals surface area contributed by atoms with Crippen molar-refractivity contribution in [2.75, 3.05) is 0 Å². The maximum atomic E-state index is 12.0. The molecule has 5 heteroatoms. The molecule has 1 rings (SSSR count). The van der Waals surface area contributed by atoms with Crippen LogP contribution in [-0.4, -0.2) is 27.5 Å². The van der Waals surface area contributed by atoms with E-state index in [2.05, 4.69) is 4.98 Å². The van der Waals surface area contributed by atoms with Crippen LogP contribution in [0.15, 0.2) is 18.3 Å². The molecule has 2 radical (unpaired) electrons. The van der Waals surface area contributed by atoms with E-state index in [1.807, 2.05) is 0 Å². The van der Waals surface area contributed by atoms with Crippen LogP contribution in [0.2, 0.25) is 0 Å². The number of halogens is 3. The van der Waals surface area contributed by atoms with Crippen LogP contribution in [0, 0.1) is 0 Å². The average molecular weight is 280 g/mol. The van der Waals surface area contributed by atoms with Crippen molar-refractivity contribution < 1.29 is 13.2 Å². The van der Waals surface area contributed by atoms with Crippen LogP contribution in [0.25, 0.3) is 0 Å². The molecular weight excluding hydrogens is 274 g/mol. The van der Waals surface area contributed by atoms with Gasteiger partial charge >= 0.3 is 80.9 Å². The summed E-state index contributed by atoms with van der Waals surface area (Å²) in [6.07, 6.45) is -3.03. The molecule has 0 bridgehead atoms. The molecule has 12 heavy (non-hydrogen) atoms. The third-order valence-electron chi connectivity index (χ3n) is 1.35. The number of rotatable bonds is 1. The molecule has 0 unspecified atom stereocenters. The summed E-state index contributed by atoms with van der Waals surface area (Å²) in [5.74, 6) is 0.